The summed E-state index contributed by atoms with van der Waals surface area (Å²) in [5.41, 5.74) is 2.33. The van der Waals surface area contributed by atoms with Crippen LogP contribution in [0.25, 0.3) is 0 Å². The summed E-state index contributed by atoms with van der Waals surface area (Å²) in [4.78, 5) is 29.1. The Morgan fingerprint density at radius 2 is 2.03 bits per heavy atom. The number of anilines is 3. The second kappa shape index (κ2) is 10.7. The van der Waals surface area contributed by atoms with Crippen molar-refractivity contribution < 1.29 is 18.7 Å². The molecular weight excluding hydrogens is 437 g/mol. The Morgan fingerprint density at radius 3 is 2.79 bits per heavy atom. The molecule has 1 saturated carbocycles. The number of fused-ring (bicyclic) bond motifs is 1. The molecule has 4 N–H and O–H groups in total. The van der Waals surface area contributed by atoms with E-state index in [1.54, 1.807) is 0 Å². The Labute approximate surface area is 199 Å². The Balaban J connectivity index is 1.57. The molecule has 0 unspecified atom stereocenters. The number of benzene rings is 1. The Bertz CT molecular complexity index is 1060. The second-order valence-electron chi connectivity index (χ2n) is 8.93. The lowest BCUT2D eigenvalue weighted by Gasteiger charge is -2.33. The molecule has 1 fully saturated rings. The van der Waals surface area contributed by atoms with Gasteiger partial charge in [0.25, 0.3) is 5.91 Å². The normalized spacial score (nSPS) is 19.2. The molecular formula is C25H32FN5O3. The van der Waals surface area contributed by atoms with Gasteiger partial charge in [-0.15, -0.1) is 0 Å². The summed E-state index contributed by atoms with van der Waals surface area (Å²) in [7, 11) is 0. The lowest BCUT2D eigenvalue weighted by Crippen LogP contribution is -2.49. The number of nitrogens with one attached hydrogen (secondary N) is 4. The lowest BCUT2D eigenvalue weighted by molar-refractivity contribution is 0.0966. The van der Waals surface area contributed by atoms with Gasteiger partial charge in [-0.3, -0.25) is 4.79 Å². The Kier molecular flexibility index (Phi) is 7.49. The maximum absolute atomic E-state index is 15.4. The van der Waals surface area contributed by atoms with E-state index in [0.717, 1.165) is 49.8 Å². The first kappa shape index (κ1) is 23.8. The number of aryl methyl sites for hydroxylation is 1. The summed E-state index contributed by atoms with van der Waals surface area (Å²) >= 11 is 0. The SMILES string of the molecule is CCCCOC(=O)N[C@H]1CCCC[C@H]1Nc1nc(Nc2cccc(C)c2)c2c(c1F)CNC2=O. The molecule has 0 saturated heterocycles. The van der Waals surface area contributed by atoms with E-state index in [0.29, 0.717) is 12.4 Å². The minimum Gasteiger partial charge on any atom is -0.450 e. The largest absolute Gasteiger partial charge is 0.450 e. The zero-order chi connectivity index (χ0) is 24.1. The number of unbranched alkanes of at least 4 members (excludes halogenated alkanes) is 1. The third kappa shape index (κ3) is 5.40. The van der Waals surface area contributed by atoms with Crippen LogP contribution < -0.4 is 21.3 Å². The molecule has 4 rings (SSSR count). The van der Waals surface area contributed by atoms with Crippen molar-refractivity contribution in [3.63, 3.8) is 0 Å². The van der Waals surface area contributed by atoms with Crippen molar-refractivity contribution in [2.75, 3.05) is 17.2 Å². The van der Waals surface area contributed by atoms with Crippen LogP contribution in [0.15, 0.2) is 24.3 Å². The van der Waals surface area contributed by atoms with E-state index in [9.17, 15) is 9.59 Å². The molecule has 1 aromatic carbocycles. The molecule has 2 heterocycles. The molecule has 1 aliphatic heterocycles. The maximum atomic E-state index is 15.4. The van der Waals surface area contributed by atoms with E-state index >= 15 is 4.39 Å². The highest BCUT2D eigenvalue weighted by molar-refractivity contribution is 6.03. The molecule has 1 aromatic heterocycles. The number of ether oxygens (including phenoxy) is 1. The minimum absolute atomic E-state index is 0.0726. The number of rotatable bonds is 8. The number of amides is 2. The van der Waals surface area contributed by atoms with Gasteiger partial charge in [-0.2, -0.15) is 0 Å². The van der Waals surface area contributed by atoms with Crippen LogP contribution in [0.5, 0.6) is 0 Å². The predicted octanol–water partition coefficient (Wildman–Crippen LogP) is 4.77. The maximum Gasteiger partial charge on any atom is 0.407 e. The van der Waals surface area contributed by atoms with E-state index in [1.165, 1.54) is 0 Å². The summed E-state index contributed by atoms with van der Waals surface area (Å²) in [5, 5.41) is 12.0. The summed E-state index contributed by atoms with van der Waals surface area (Å²) in [6.07, 6.45) is 4.76. The predicted molar refractivity (Wildman–Crippen MR) is 129 cm³/mol. The smallest absolute Gasteiger partial charge is 0.407 e. The molecule has 34 heavy (non-hydrogen) atoms. The molecule has 2 amide bonds. The van der Waals surface area contributed by atoms with Crippen LogP contribution in [0.1, 0.15) is 66.9 Å². The first-order valence-electron chi connectivity index (χ1n) is 12.0. The molecule has 0 radical (unpaired) electrons. The van der Waals surface area contributed by atoms with Crippen molar-refractivity contribution in [2.24, 2.45) is 0 Å². The van der Waals surface area contributed by atoms with E-state index in [1.807, 2.05) is 38.1 Å². The van der Waals surface area contributed by atoms with E-state index in [-0.39, 0.29) is 41.5 Å². The first-order valence-corrected chi connectivity index (χ1v) is 12.0. The highest BCUT2D eigenvalue weighted by Gasteiger charge is 2.33. The summed E-state index contributed by atoms with van der Waals surface area (Å²) in [6, 6.07) is 7.27. The fourth-order valence-corrected chi connectivity index (χ4v) is 4.48. The van der Waals surface area contributed by atoms with E-state index < -0.39 is 11.9 Å². The number of hydrogen-bond acceptors (Lipinski definition) is 6. The van der Waals surface area contributed by atoms with Gasteiger partial charge in [-0.05, 0) is 43.9 Å². The van der Waals surface area contributed by atoms with Crippen LogP contribution in [0.4, 0.5) is 26.5 Å². The summed E-state index contributed by atoms with van der Waals surface area (Å²) in [5.74, 6) is -0.518. The molecule has 9 heteroatoms. The zero-order valence-corrected chi connectivity index (χ0v) is 19.7. The van der Waals surface area contributed by atoms with Crippen LogP contribution >= 0.6 is 0 Å². The number of aromatic nitrogens is 1. The molecule has 0 bridgehead atoms. The average molecular weight is 470 g/mol. The fourth-order valence-electron chi connectivity index (χ4n) is 4.48. The fraction of sp³-hybridized carbons (Fsp3) is 0.480. The van der Waals surface area contributed by atoms with Crippen LogP contribution in [0.3, 0.4) is 0 Å². The lowest BCUT2D eigenvalue weighted by atomic mass is 9.90. The molecule has 182 valence electrons. The second-order valence-corrected chi connectivity index (χ2v) is 8.93. The number of alkyl carbamates (subject to hydrolysis) is 1. The topological polar surface area (TPSA) is 104 Å². The number of carbonyl (C=O) groups excluding carboxylic acids is 2. The molecule has 2 aliphatic rings. The monoisotopic (exact) mass is 469 g/mol. The van der Waals surface area contributed by atoms with Crippen LogP contribution in [-0.2, 0) is 11.3 Å². The van der Waals surface area contributed by atoms with Crippen molar-refractivity contribution in [3.8, 4) is 0 Å². The van der Waals surface area contributed by atoms with Gasteiger partial charge in [0.05, 0.1) is 18.2 Å². The van der Waals surface area contributed by atoms with Gasteiger partial charge < -0.3 is 26.0 Å². The van der Waals surface area contributed by atoms with Crippen LogP contribution in [0, 0.1) is 12.7 Å². The first-order chi connectivity index (χ1) is 16.5. The third-order valence-electron chi connectivity index (χ3n) is 6.29. The van der Waals surface area contributed by atoms with Gasteiger partial charge in [0, 0.05) is 23.8 Å². The highest BCUT2D eigenvalue weighted by Crippen LogP contribution is 2.33. The number of nitrogens with zero attached hydrogens (tertiary/aromatic N) is 1. The van der Waals surface area contributed by atoms with Crippen LogP contribution in [-0.4, -0.2) is 35.7 Å². The van der Waals surface area contributed by atoms with E-state index in [2.05, 4.69) is 26.3 Å². The summed E-state index contributed by atoms with van der Waals surface area (Å²) < 4.78 is 20.7. The number of carbonyl (C=O) groups is 2. The molecule has 8 nitrogen and oxygen atoms in total. The van der Waals surface area contributed by atoms with Crippen molar-refractivity contribution in [2.45, 2.75) is 71.0 Å². The average Bonchev–Trinajstić information content (AvgIpc) is 3.20. The summed E-state index contributed by atoms with van der Waals surface area (Å²) in [6.45, 7) is 4.49. The van der Waals surface area contributed by atoms with E-state index in [4.69, 9.17) is 4.74 Å². The van der Waals surface area contributed by atoms with Crippen molar-refractivity contribution in [1.82, 2.24) is 15.6 Å². The van der Waals surface area contributed by atoms with Crippen molar-refractivity contribution in [3.05, 3.63) is 46.8 Å². The zero-order valence-electron chi connectivity index (χ0n) is 19.7. The van der Waals surface area contributed by atoms with Gasteiger partial charge in [0.1, 0.15) is 5.82 Å². The van der Waals surface area contributed by atoms with Crippen molar-refractivity contribution >= 4 is 29.3 Å². The standard InChI is InChI=1S/C25H32FN5O3/c1-3-4-12-34-25(33)30-19-11-6-5-10-18(19)29-23-21(26)17-14-27-24(32)20(17)22(31-23)28-16-9-7-8-15(2)13-16/h7-9,13,18-19H,3-6,10-12,14H2,1-2H3,(H,27,32)(H,30,33)(H2,28,29,31)/t18-,19+/m1/s1. The Hall–Kier alpha value is -3.36. The van der Waals surface area contributed by atoms with Gasteiger partial charge in [0.15, 0.2) is 11.6 Å². The number of hydrogen-bond donors (Lipinski definition) is 4. The van der Waals surface area contributed by atoms with Crippen LogP contribution in [0.2, 0.25) is 0 Å². The molecule has 1 aliphatic carbocycles. The third-order valence-corrected chi connectivity index (χ3v) is 6.29. The Morgan fingerprint density at radius 1 is 1.24 bits per heavy atom. The molecule has 0 spiro atoms. The van der Waals surface area contributed by atoms with Gasteiger partial charge in [-0.25, -0.2) is 14.2 Å². The van der Waals surface area contributed by atoms with Gasteiger partial charge >= 0.3 is 6.09 Å². The molecule has 2 aromatic rings. The molecule has 2 atom stereocenters. The van der Waals surface area contributed by atoms with Gasteiger partial charge in [0.2, 0.25) is 0 Å². The minimum atomic E-state index is -0.544. The van der Waals surface area contributed by atoms with Gasteiger partial charge in [-0.1, -0.05) is 38.3 Å². The van der Waals surface area contributed by atoms with Crippen molar-refractivity contribution in [1.29, 1.82) is 0 Å². The highest BCUT2D eigenvalue weighted by atomic mass is 19.1. The number of pyridine rings is 1. The number of halogens is 1. The quantitative estimate of drug-likeness (QED) is 0.416.